The van der Waals surface area contributed by atoms with Crippen LogP contribution >= 0.6 is 0 Å². The molecule has 0 saturated heterocycles. The molecule has 2 aliphatic rings. The van der Waals surface area contributed by atoms with Gasteiger partial charge in [-0.1, -0.05) is 0 Å². The fraction of sp³-hybridized carbons (Fsp3) is 0.600. The van der Waals surface area contributed by atoms with Gasteiger partial charge in [0.25, 0.3) is 0 Å². The van der Waals surface area contributed by atoms with Crippen molar-refractivity contribution >= 4 is 5.97 Å². The number of carbonyl (C=O) groups excluding carboxylic acids is 1. The van der Waals surface area contributed by atoms with Gasteiger partial charge in [0.1, 0.15) is 0 Å². The summed E-state index contributed by atoms with van der Waals surface area (Å²) in [6.45, 7) is 2.22. The largest absolute Gasteiger partial charge is 0.461 e. The lowest BCUT2D eigenvalue weighted by atomic mass is 10.1. The van der Waals surface area contributed by atoms with Crippen molar-refractivity contribution in [1.29, 1.82) is 0 Å². The molecule has 2 atom stereocenters. The van der Waals surface area contributed by atoms with Gasteiger partial charge in [0.2, 0.25) is 0 Å². The van der Waals surface area contributed by atoms with Crippen molar-refractivity contribution in [3.05, 3.63) is 17.0 Å². The predicted molar refractivity (Wildman–Crippen MR) is 49.1 cm³/mol. The van der Waals surface area contributed by atoms with E-state index in [2.05, 4.69) is 10.2 Å². The van der Waals surface area contributed by atoms with Crippen LogP contribution in [-0.2, 0) is 11.2 Å². The molecule has 0 spiro atoms. The molecule has 1 aromatic rings. The second kappa shape index (κ2) is 2.59. The third-order valence-electron chi connectivity index (χ3n) is 3.11. The second-order valence-corrected chi connectivity index (χ2v) is 3.99. The lowest BCUT2D eigenvalue weighted by Crippen LogP contribution is -2.07. The molecular weight excluding hydrogens is 180 g/mol. The molecule has 0 radical (unpaired) electrons. The minimum atomic E-state index is -0.280. The number of hydrogen-bond donors (Lipinski definition) is 1. The van der Waals surface area contributed by atoms with Gasteiger partial charge in [-0.25, -0.2) is 4.79 Å². The predicted octanol–water partition coefficient (Wildman–Crippen LogP) is 1.25. The molecule has 3 rings (SSSR count). The number of esters is 1. The Morgan fingerprint density at radius 2 is 2.57 bits per heavy atom. The first-order chi connectivity index (χ1) is 6.81. The van der Waals surface area contributed by atoms with E-state index in [1.165, 1.54) is 6.42 Å². The Morgan fingerprint density at radius 1 is 1.71 bits per heavy atom. The SMILES string of the molecule is CCOC(=O)c1n[nH]c2c1C1CC1C2. The molecule has 14 heavy (non-hydrogen) atoms. The van der Waals surface area contributed by atoms with Gasteiger partial charge in [0.05, 0.1) is 6.61 Å². The highest BCUT2D eigenvalue weighted by atomic mass is 16.5. The van der Waals surface area contributed by atoms with Crippen molar-refractivity contribution in [1.82, 2.24) is 10.2 Å². The van der Waals surface area contributed by atoms with Gasteiger partial charge >= 0.3 is 5.97 Å². The van der Waals surface area contributed by atoms with Crippen LogP contribution in [-0.4, -0.2) is 22.8 Å². The number of nitrogens with one attached hydrogen (secondary N) is 1. The molecule has 4 heteroatoms. The number of carbonyl (C=O) groups is 1. The normalized spacial score (nSPS) is 26.9. The summed E-state index contributed by atoms with van der Waals surface area (Å²) in [6.07, 6.45) is 2.28. The lowest BCUT2D eigenvalue weighted by molar-refractivity contribution is 0.0518. The van der Waals surface area contributed by atoms with E-state index >= 15 is 0 Å². The number of aromatic amines is 1. The fourth-order valence-corrected chi connectivity index (χ4v) is 2.39. The van der Waals surface area contributed by atoms with Crippen molar-refractivity contribution < 1.29 is 9.53 Å². The maximum absolute atomic E-state index is 11.5. The number of fused-ring (bicyclic) bond motifs is 3. The van der Waals surface area contributed by atoms with Gasteiger partial charge < -0.3 is 4.74 Å². The Bertz CT molecular complexity index is 397. The van der Waals surface area contributed by atoms with Crippen molar-refractivity contribution in [2.45, 2.75) is 25.7 Å². The van der Waals surface area contributed by atoms with Gasteiger partial charge in [-0.3, -0.25) is 5.10 Å². The molecule has 4 nitrogen and oxygen atoms in total. The van der Waals surface area contributed by atoms with Crippen LogP contribution in [0.2, 0.25) is 0 Å². The molecule has 2 unspecified atom stereocenters. The monoisotopic (exact) mass is 192 g/mol. The number of ether oxygens (including phenoxy) is 1. The van der Waals surface area contributed by atoms with Crippen LogP contribution in [0.3, 0.4) is 0 Å². The molecule has 0 aliphatic heterocycles. The standard InChI is InChI=1S/C10H12N2O2/c1-2-14-10(13)9-8-6-3-5(6)4-7(8)11-12-9/h5-6H,2-4H2,1H3,(H,11,12). The molecule has 1 saturated carbocycles. The van der Waals surface area contributed by atoms with Crippen molar-refractivity contribution in [3.63, 3.8) is 0 Å². The van der Waals surface area contributed by atoms with E-state index in [4.69, 9.17) is 4.74 Å². The van der Waals surface area contributed by atoms with Crippen molar-refractivity contribution in [2.24, 2.45) is 5.92 Å². The Kier molecular flexibility index (Phi) is 1.48. The third kappa shape index (κ3) is 0.937. The summed E-state index contributed by atoms with van der Waals surface area (Å²) in [5, 5.41) is 6.97. The first-order valence-corrected chi connectivity index (χ1v) is 5.05. The summed E-state index contributed by atoms with van der Waals surface area (Å²) in [4.78, 5) is 11.5. The van der Waals surface area contributed by atoms with Crippen LogP contribution in [0.25, 0.3) is 0 Å². The van der Waals surface area contributed by atoms with Crippen LogP contribution in [0.5, 0.6) is 0 Å². The van der Waals surface area contributed by atoms with E-state index in [1.807, 2.05) is 6.92 Å². The average molecular weight is 192 g/mol. The van der Waals surface area contributed by atoms with Crippen molar-refractivity contribution in [3.8, 4) is 0 Å². The number of rotatable bonds is 2. The molecule has 0 bridgehead atoms. The zero-order valence-corrected chi connectivity index (χ0v) is 8.04. The van der Waals surface area contributed by atoms with Gasteiger partial charge in [-0.05, 0) is 31.6 Å². The van der Waals surface area contributed by atoms with E-state index < -0.39 is 0 Å². The Morgan fingerprint density at radius 3 is 3.36 bits per heavy atom. The van der Waals surface area contributed by atoms with Gasteiger partial charge in [0, 0.05) is 11.3 Å². The highest BCUT2D eigenvalue weighted by Crippen LogP contribution is 2.56. The van der Waals surface area contributed by atoms with Crippen LogP contribution in [0.1, 0.15) is 41.0 Å². The number of H-pyrrole nitrogens is 1. The molecule has 0 amide bonds. The summed E-state index contributed by atoms with van der Waals surface area (Å²) in [5.41, 5.74) is 2.80. The summed E-state index contributed by atoms with van der Waals surface area (Å²) >= 11 is 0. The van der Waals surface area contributed by atoms with Crippen LogP contribution < -0.4 is 0 Å². The zero-order valence-electron chi connectivity index (χ0n) is 8.04. The smallest absolute Gasteiger partial charge is 0.359 e. The van der Waals surface area contributed by atoms with E-state index in [0.29, 0.717) is 18.2 Å². The van der Waals surface area contributed by atoms with Gasteiger partial charge in [0.15, 0.2) is 5.69 Å². The van der Waals surface area contributed by atoms with Gasteiger partial charge in [-0.15, -0.1) is 0 Å². The van der Waals surface area contributed by atoms with Crippen molar-refractivity contribution in [2.75, 3.05) is 6.61 Å². The fourth-order valence-electron chi connectivity index (χ4n) is 2.39. The molecule has 0 aromatic carbocycles. The summed E-state index contributed by atoms with van der Waals surface area (Å²) < 4.78 is 4.96. The summed E-state index contributed by atoms with van der Waals surface area (Å²) in [5.74, 6) is 1.08. The van der Waals surface area contributed by atoms with Crippen LogP contribution in [0.15, 0.2) is 0 Å². The molecule has 2 aliphatic carbocycles. The molecule has 1 fully saturated rings. The van der Waals surface area contributed by atoms with Gasteiger partial charge in [-0.2, -0.15) is 5.10 Å². The van der Waals surface area contributed by atoms with Crippen LogP contribution in [0, 0.1) is 5.92 Å². The zero-order chi connectivity index (χ0) is 9.71. The Hall–Kier alpha value is -1.32. The van der Waals surface area contributed by atoms with E-state index in [9.17, 15) is 4.79 Å². The molecular formula is C10H12N2O2. The summed E-state index contributed by atoms with van der Waals surface area (Å²) in [7, 11) is 0. The molecule has 1 aromatic heterocycles. The quantitative estimate of drug-likeness (QED) is 0.717. The number of hydrogen-bond acceptors (Lipinski definition) is 3. The minimum Gasteiger partial charge on any atom is -0.461 e. The second-order valence-electron chi connectivity index (χ2n) is 3.99. The van der Waals surface area contributed by atoms with E-state index in [0.717, 1.165) is 23.6 Å². The maximum atomic E-state index is 11.5. The molecule has 1 heterocycles. The highest BCUT2D eigenvalue weighted by Gasteiger charge is 2.49. The summed E-state index contributed by atoms with van der Waals surface area (Å²) in [6, 6.07) is 0. The third-order valence-corrected chi connectivity index (χ3v) is 3.11. The molecule has 74 valence electrons. The molecule has 1 N–H and O–H groups in total. The van der Waals surface area contributed by atoms with E-state index in [1.54, 1.807) is 0 Å². The minimum absolute atomic E-state index is 0.280. The van der Waals surface area contributed by atoms with Crippen LogP contribution in [0.4, 0.5) is 0 Å². The number of aromatic nitrogens is 2. The topological polar surface area (TPSA) is 55.0 Å². The lowest BCUT2D eigenvalue weighted by Gasteiger charge is -1.99. The maximum Gasteiger partial charge on any atom is 0.359 e. The average Bonchev–Trinajstić information content (AvgIpc) is 2.65. The Labute approximate surface area is 81.6 Å². The first-order valence-electron chi connectivity index (χ1n) is 5.05. The highest BCUT2D eigenvalue weighted by molar-refractivity contribution is 5.90. The first kappa shape index (κ1) is 8.03. The Balaban J connectivity index is 1.95. The number of nitrogens with zero attached hydrogens (tertiary/aromatic N) is 1. The van der Waals surface area contributed by atoms with E-state index in [-0.39, 0.29) is 5.97 Å².